The standard InChI is InChI=1S/C16H28N2O3/c19-15(8-7-14-5-1-2-10-17-14)18-11-3-4-13(12-18)6-9-16(20)21/h13-14,17H,1-12H2,(H,20,21). The van der Waals surface area contributed by atoms with E-state index in [0.717, 1.165) is 38.9 Å². The van der Waals surface area contributed by atoms with Gasteiger partial charge in [0.15, 0.2) is 0 Å². The summed E-state index contributed by atoms with van der Waals surface area (Å²) in [6, 6.07) is 0.510. The molecule has 0 aromatic rings. The van der Waals surface area contributed by atoms with E-state index in [-0.39, 0.29) is 12.3 Å². The lowest BCUT2D eigenvalue weighted by molar-refractivity contribution is -0.137. The quantitative estimate of drug-likeness (QED) is 0.786. The average Bonchev–Trinajstić information content (AvgIpc) is 2.52. The number of piperidine rings is 2. The molecule has 2 unspecified atom stereocenters. The maximum Gasteiger partial charge on any atom is 0.303 e. The largest absolute Gasteiger partial charge is 0.481 e. The number of carboxylic acids is 1. The van der Waals surface area contributed by atoms with Gasteiger partial charge in [-0.15, -0.1) is 0 Å². The molecule has 2 aliphatic heterocycles. The lowest BCUT2D eigenvalue weighted by Crippen LogP contribution is -2.41. The normalized spacial score (nSPS) is 26.6. The number of carbonyl (C=O) groups is 2. The molecule has 1 amide bonds. The van der Waals surface area contributed by atoms with Crippen LogP contribution in [0.2, 0.25) is 0 Å². The molecule has 0 aliphatic carbocycles. The third kappa shape index (κ3) is 5.65. The number of nitrogens with one attached hydrogen (secondary N) is 1. The van der Waals surface area contributed by atoms with Gasteiger partial charge in [-0.05, 0) is 51.0 Å². The van der Waals surface area contributed by atoms with Gasteiger partial charge in [0.1, 0.15) is 0 Å². The Morgan fingerprint density at radius 3 is 2.67 bits per heavy atom. The van der Waals surface area contributed by atoms with Crippen LogP contribution in [0.25, 0.3) is 0 Å². The van der Waals surface area contributed by atoms with E-state index in [1.807, 2.05) is 4.90 Å². The van der Waals surface area contributed by atoms with Crippen molar-refractivity contribution in [1.82, 2.24) is 10.2 Å². The maximum absolute atomic E-state index is 12.3. The molecule has 0 aromatic carbocycles. The van der Waals surface area contributed by atoms with Crippen molar-refractivity contribution in [1.29, 1.82) is 0 Å². The molecule has 2 rings (SSSR count). The molecule has 2 saturated heterocycles. The van der Waals surface area contributed by atoms with Gasteiger partial charge >= 0.3 is 5.97 Å². The van der Waals surface area contributed by atoms with Crippen LogP contribution in [0.5, 0.6) is 0 Å². The van der Waals surface area contributed by atoms with E-state index in [1.165, 1.54) is 19.3 Å². The molecule has 0 saturated carbocycles. The summed E-state index contributed by atoms with van der Waals surface area (Å²) in [5.41, 5.74) is 0. The van der Waals surface area contributed by atoms with E-state index < -0.39 is 5.97 Å². The number of rotatable bonds is 6. The molecule has 0 aromatic heterocycles. The topological polar surface area (TPSA) is 69.6 Å². The number of amides is 1. The summed E-state index contributed by atoms with van der Waals surface area (Å²) < 4.78 is 0. The Hall–Kier alpha value is -1.10. The summed E-state index contributed by atoms with van der Waals surface area (Å²) >= 11 is 0. The number of carboxylic acid groups (broad SMARTS) is 1. The molecule has 0 radical (unpaired) electrons. The molecule has 5 heteroatoms. The lowest BCUT2D eigenvalue weighted by atomic mass is 9.93. The molecule has 0 spiro atoms. The summed E-state index contributed by atoms with van der Waals surface area (Å²) in [5.74, 6) is -0.115. The fourth-order valence-corrected chi connectivity index (χ4v) is 3.48. The minimum absolute atomic E-state index is 0.221. The molecule has 0 bridgehead atoms. The zero-order valence-electron chi connectivity index (χ0n) is 12.9. The molecule has 120 valence electrons. The monoisotopic (exact) mass is 296 g/mol. The van der Waals surface area contributed by atoms with Gasteiger partial charge in [0.2, 0.25) is 5.91 Å². The maximum atomic E-state index is 12.3. The number of hydrogen-bond donors (Lipinski definition) is 2. The van der Waals surface area contributed by atoms with Gasteiger partial charge in [-0.25, -0.2) is 0 Å². The zero-order valence-corrected chi connectivity index (χ0v) is 12.9. The van der Waals surface area contributed by atoms with Crippen LogP contribution in [-0.2, 0) is 9.59 Å². The third-order valence-corrected chi connectivity index (χ3v) is 4.76. The molecular formula is C16H28N2O3. The van der Waals surface area contributed by atoms with Gasteiger partial charge in [-0.1, -0.05) is 6.42 Å². The van der Waals surface area contributed by atoms with Gasteiger partial charge in [0.25, 0.3) is 0 Å². The second-order valence-corrected chi connectivity index (χ2v) is 6.47. The number of aliphatic carboxylic acids is 1. The fourth-order valence-electron chi connectivity index (χ4n) is 3.48. The van der Waals surface area contributed by atoms with E-state index in [0.29, 0.717) is 24.8 Å². The first-order valence-electron chi connectivity index (χ1n) is 8.38. The van der Waals surface area contributed by atoms with Crippen molar-refractivity contribution >= 4 is 11.9 Å². The van der Waals surface area contributed by atoms with Gasteiger partial charge in [-0.2, -0.15) is 0 Å². The molecule has 2 N–H and O–H groups in total. The van der Waals surface area contributed by atoms with Crippen molar-refractivity contribution in [2.45, 2.75) is 63.8 Å². The van der Waals surface area contributed by atoms with Crippen LogP contribution in [0, 0.1) is 5.92 Å². The Morgan fingerprint density at radius 1 is 1.10 bits per heavy atom. The Bertz CT molecular complexity index is 353. The summed E-state index contributed by atoms with van der Waals surface area (Å²) in [7, 11) is 0. The Kier molecular flexibility index (Phi) is 6.49. The number of nitrogens with zero attached hydrogens (tertiary/aromatic N) is 1. The molecule has 2 atom stereocenters. The Labute approximate surface area is 127 Å². The van der Waals surface area contributed by atoms with Crippen molar-refractivity contribution in [2.24, 2.45) is 5.92 Å². The van der Waals surface area contributed by atoms with Crippen LogP contribution >= 0.6 is 0 Å². The lowest BCUT2D eigenvalue weighted by Gasteiger charge is -2.33. The summed E-state index contributed by atoms with van der Waals surface area (Å²) in [6.45, 7) is 2.69. The molecule has 2 aliphatic rings. The van der Waals surface area contributed by atoms with E-state index in [4.69, 9.17) is 5.11 Å². The number of hydrogen-bond acceptors (Lipinski definition) is 3. The van der Waals surface area contributed by atoms with Crippen LogP contribution < -0.4 is 5.32 Å². The van der Waals surface area contributed by atoms with Crippen LogP contribution in [-0.4, -0.2) is 47.6 Å². The molecule has 5 nitrogen and oxygen atoms in total. The zero-order chi connectivity index (χ0) is 15.1. The average molecular weight is 296 g/mol. The van der Waals surface area contributed by atoms with E-state index in [1.54, 1.807) is 0 Å². The van der Waals surface area contributed by atoms with Crippen molar-refractivity contribution in [3.8, 4) is 0 Å². The molecule has 21 heavy (non-hydrogen) atoms. The fraction of sp³-hybridized carbons (Fsp3) is 0.875. The molecule has 2 heterocycles. The number of likely N-dealkylation sites (tertiary alicyclic amines) is 1. The Morgan fingerprint density at radius 2 is 1.95 bits per heavy atom. The van der Waals surface area contributed by atoms with E-state index in [2.05, 4.69) is 5.32 Å². The number of carbonyl (C=O) groups excluding carboxylic acids is 1. The minimum atomic E-state index is -0.734. The van der Waals surface area contributed by atoms with E-state index in [9.17, 15) is 9.59 Å². The van der Waals surface area contributed by atoms with Crippen LogP contribution in [0.4, 0.5) is 0 Å². The summed E-state index contributed by atoms with van der Waals surface area (Å²) in [5, 5.41) is 12.2. The van der Waals surface area contributed by atoms with Gasteiger partial charge in [0.05, 0.1) is 0 Å². The van der Waals surface area contributed by atoms with Gasteiger partial charge in [0, 0.05) is 32.0 Å². The van der Waals surface area contributed by atoms with Crippen molar-refractivity contribution in [3.05, 3.63) is 0 Å². The minimum Gasteiger partial charge on any atom is -0.481 e. The van der Waals surface area contributed by atoms with Crippen molar-refractivity contribution in [2.75, 3.05) is 19.6 Å². The third-order valence-electron chi connectivity index (χ3n) is 4.76. The van der Waals surface area contributed by atoms with Gasteiger partial charge in [-0.3, -0.25) is 9.59 Å². The Balaban J connectivity index is 1.69. The summed E-state index contributed by atoms with van der Waals surface area (Å²) in [4.78, 5) is 24.9. The first kappa shape index (κ1) is 16.3. The first-order valence-corrected chi connectivity index (χ1v) is 8.38. The second kappa shape index (κ2) is 8.37. The van der Waals surface area contributed by atoms with Crippen LogP contribution in [0.3, 0.4) is 0 Å². The van der Waals surface area contributed by atoms with Gasteiger partial charge < -0.3 is 15.3 Å². The SMILES string of the molecule is O=C(O)CCC1CCCN(C(=O)CCC2CCCCN2)C1. The summed E-state index contributed by atoms with van der Waals surface area (Å²) in [6.07, 6.45) is 8.27. The van der Waals surface area contributed by atoms with Crippen molar-refractivity contribution < 1.29 is 14.7 Å². The second-order valence-electron chi connectivity index (χ2n) is 6.47. The molecular weight excluding hydrogens is 268 g/mol. The van der Waals surface area contributed by atoms with Crippen LogP contribution in [0.15, 0.2) is 0 Å². The highest BCUT2D eigenvalue weighted by molar-refractivity contribution is 5.76. The van der Waals surface area contributed by atoms with E-state index >= 15 is 0 Å². The first-order chi connectivity index (χ1) is 10.1. The highest BCUT2D eigenvalue weighted by Crippen LogP contribution is 2.22. The highest BCUT2D eigenvalue weighted by Gasteiger charge is 2.24. The van der Waals surface area contributed by atoms with Crippen molar-refractivity contribution in [3.63, 3.8) is 0 Å². The smallest absolute Gasteiger partial charge is 0.303 e. The highest BCUT2D eigenvalue weighted by atomic mass is 16.4. The van der Waals surface area contributed by atoms with Crippen LogP contribution in [0.1, 0.15) is 57.8 Å². The predicted molar refractivity (Wildman–Crippen MR) is 81.0 cm³/mol. The predicted octanol–water partition coefficient (Wildman–Crippen LogP) is 2.01. The molecule has 2 fully saturated rings.